The minimum atomic E-state index is -3.98. The standard InChI is InChI=1S/C19H13F2N5O2S/c1-25(2)29(27,28)26-19-12-7-6-11(9-22)8-13(12)18(24-16(19)10-23-26)17-14(20)4-3-5-15(17)21/h3-8,10H,1-2H3. The molecular formula is C19H13F2N5O2S. The average Bonchev–Trinajstić information content (AvgIpc) is 3.12. The number of aromatic nitrogens is 3. The third kappa shape index (κ3) is 2.83. The Morgan fingerprint density at radius 2 is 1.79 bits per heavy atom. The van der Waals surface area contributed by atoms with Crippen LogP contribution in [-0.4, -0.2) is 41.0 Å². The maximum absolute atomic E-state index is 14.5. The van der Waals surface area contributed by atoms with E-state index in [1.54, 1.807) is 0 Å². The van der Waals surface area contributed by atoms with Crippen molar-refractivity contribution in [1.82, 2.24) is 18.5 Å². The number of nitrogens with zero attached hydrogens (tertiary/aromatic N) is 5. The molecule has 4 rings (SSSR count). The van der Waals surface area contributed by atoms with E-state index in [2.05, 4.69) is 10.1 Å². The van der Waals surface area contributed by atoms with E-state index in [1.807, 2.05) is 6.07 Å². The quantitative estimate of drug-likeness (QED) is 0.515. The first-order chi connectivity index (χ1) is 13.8. The highest BCUT2D eigenvalue weighted by atomic mass is 32.2. The number of nitriles is 1. The van der Waals surface area contributed by atoms with Crippen LogP contribution in [0.5, 0.6) is 0 Å². The van der Waals surface area contributed by atoms with Gasteiger partial charge in [-0.15, -0.1) is 4.09 Å². The molecule has 0 fully saturated rings. The molecule has 0 unspecified atom stereocenters. The van der Waals surface area contributed by atoms with Crippen LogP contribution in [-0.2, 0) is 10.2 Å². The Labute approximate surface area is 164 Å². The van der Waals surface area contributed by atoms with Gasteiger partial charge < -0.3 is 0 Å². The summed E-state index contributed by atoms with van der Waals surface area (Å²) in [6, 6.07) is 9.83. The summed E-state index contributed by atoms with van der Waals surface area (Å²) in [6.45, 7) is 0. The number of benzene rings is 2. The molecule has 146 valence electrons. The molecule has 0 radical (unpaired) electrons. The first-order valence-corrected chi connectivity index (χ1v) is 9.74. The van der Waals surface area contributed by atoms with Crippen LogP contribution in [0.4, 0.5) is 8.78 Å². The van der Waals surface area contributed by atoms with E-state index in [-0.39, 0.29) is 33.2 Å². The van der Waals surface area contributed by atoms with Crippen LogP contribution in [0.25, 0.3) is 33.1 Å². The molecule has 2 aromatic heterocycles. The number of hydrogen-bond donors (Lipinski definition) is 0. The molecule has 29 heavy (non-hydrogen) atoms. The number of rotatable bonds is 3. The smallest absolute Gasteiger partial charge is 0.244 e. The Kier molecular flexibility index (Phi) is 4.29. The highest BCUT2D eigenvalue weighted by Gasteiger charge is 2.25. The van der Waals surface area contributed by atoms with Gasteiger partial charge in [0.15, 0.2) is 0 Å². The van der Waals surface area contributed by atoms with E-state index in [4.69, 9.17) is 0 Å². The zero-order valence-corrected chi connectivity index (χ0v) is 16.1. The second kappa shape index (κ2) is 6.58. The normalized spacial score (nSPS) is 12.0. The van der Waals surface area contributed by atoms with Crippen molar-refractivity contribution in [2.75, 3.05) is 14.1 Å². The van der Waals surface area contributed by atoms with E-state index in [0.29, 0.717) is 5.39 Å². The summed E-state index contributed by atoms with van der Waals surface area (Å²) in [5, 5.41) is 13.8. The maximum atomic E-state index is 14.5. The van der Waals surface area contributed by atoms with Gasteiger partial charge in [-0.3, -0.25) is 0 Å². The Morgan fingerprint density at radius 3 is 2.41 bits per heavy atom. The summed E-state index contributed by atoms with van der Waals surface area (Å²) < 4.78 is 56.1. The van der Waals surface area contributed by atoms with Gasteiger partial charge >= 0.3 is 10.2 Å². The molecule has 7 nitrogen and oxygen atoms in total. The molecule has 2 aromatic carbocycles. The molecule has 0 saturated carbocycles. The second-order valence-electron chi connectivity index (χ2n) is 6.44. The van der Waals surface area contributed by atoms with Crippen LogP contribution in [0.15, 0.2) is 42.6 Å². The molecule has 0 atom stereocenters. The average molecular weight is 413 g/mol. The van der Waals surface area contributed by atoms with Gasteiger partial charge in [0.25, 0.3) is 0 Å². The number of hydrogen-bond acceptors (Lipinski definition) is 5. The SMILES string of the molecule is CN(C)S(=O)(=O)n1ncc2nc(-c3c(F)cccc3F)c3cc(C#N)ccc3c21. The topological polar surface area (TPSA) is 91.9 Å². The molecular weight excluding hydrogens is 400 g/mol. The molecule has 0 saturated heterocycles. The summed E-state index contributed by atoms with van der Waals surface area (Å²) in [5.41, 5.74) is 0.127. The summed E-state index contributed by atoms with van der Waals surface area (Å²) in [5.74, 6) is -1.65. The van der Waals surface area contributed by atoms with Gasteiger partial charge in [0.05, 0.1) is 29.1 Å². The zero-order valence-electron chi connectivity index (χ0n) is 15.3. The predicted octanol–water partition coefficient (Wildman–Crippen LogP) is 3.06. The molecule has 2 heterocycles. The number of fused-ring (bicyclic) bond motifs is 3. The third-order valence-electron chi connectivity index (χ3n) is 4.49. The minimum Gasteiger partial charge on any atom is -0.244 e. The summed E-state index contributed by atoms with van der Waals surface area (Å²) in [4.78, 5) is 4.31. The van der Waals surface area contributed by atoms with Crippen molar-refractivity contribution in [3.05, 3.63) is 59.8 Å². The fourth-order valence-corrected chi connectivity index (χ4v) is 3.99. The summed E-state index contributed by atoms with van der Waals surface area (Å²) in [7, 11) is -1.26. The lowest BCUT2D eigenvalue weighted by atomic mass is 10.00. The van der Waals surface area contributed by atoms with Crippen molar-refractivity contribution in [3.63, 3.8) is 0 Å². The first kappa shape index (κ1) is 18.9. The van der Waals surface area contributed by atoms with Crippen LogP contribution in [0.1, 0.15) is 5.56 Å². The fourth-order valence-electron chi connectivity index (χ4n) is 3.09. The van der Waals surface area contributed by atoms with Crippen LogP contribution in [0.3, 0.4) is 0 Å². The van der Waals surface area contributed by atoms with Crippen molar-refractivity contribution < 1.29 is 17.2 Å². The van der Waals surface area contributed by atoms with Crippen molar-refractivity contribution in [1.29, 1.82) is 5.26 Å². The zero-order chi connectivity index (χ0) is 20.9. The molecule has 4 aromatic rings. The molecule has 0 aliphatic carbocycles. The van der Waals surface area contributed by atoms with Crippen LogP contribution >= 0.6 is 0 Å². The van der Waals surface area contributed by atoms with Gasteiger partial charge in [-0.1, -0.05) is 12.1 Å². The van der Waals surface area contributed by atoms with Gasteiger partial charge in [-0.05, 0) is 24.3 Å². The van der Waals surface area contributed by atoms with E-state index in [0.717, 1.165) is 20.5 Å². The fraction of sp³-hybridized carbons (Fsp3) is 0.105. The van der Waals surface area contributed by atoms with Gasteiger partial charge in [-0.25, -0.2) is 13.8 Å². The molecule has 0 spiro atoms. The molecule has 10 heteroatoms. The Bertz CT molecular complexity index is 1420. The predicted molar refractivity (Wildman–Crippen MR) is 103 cm³/mol. The first-order valence-electron chi connectivity index (χ1n) is 8.34. The van der Waals surface area contributed by atoms with Crippen LogP contribution in [0.2, 0.25) is 0 Å². The van der Waals surface area contributed by atoms with Gasteiger partial charge in [0.1, 0.15) is 22.7 Å². The molecule has 0 bridgehead atoms. The van der Waals surface area contributed by atoms with E-state index in [9.17, 15) is 22.5 Å². The summed E-state index contributed by atoms with van der Waals surface area (Å²) >= 11 is 0. The van der Waals surface area contributed by atoms with Crippen molar-refractivity contribution in [2.24, 2.45) is 0 Å². The Balaban J connectivity index is 2.21. The second-order valence-corrected chi connectivity index (χ2v) is 8.41. The van der Waals surface area contributed by atoms with Crippen molar-refractivity contribution in [3.8, 4) is 17.3 Å². The van der Waals surface area contributed by atoms with E-state index < -0.39 is 21.8 Å². The van der Waals surface area contributed by atoms with Gasteiger partial charge in [0.2, 0.25) is 0 Å². The highest BCUT2D eigenvalue weighted by molar-refractivity contribution is 7.87. The number of halogens is 2. The van der Waals surface area contributed by atoms with E-state index in [1.165, 1.54) is 44.6 Å². The number of pyridine rings is 1. The molecule has 0 aliphatic rings. The maximum Gasteiger partial charge on any atom is 0.323 e. The minimum absolute atomic E-state index is 0.0398. The lowest BCUT2D eigenvalue weighted by molar-refractivity contribution is 0.506. The van der Waals surface area contributed by atoms with Gasteiger partial charge in [0, 0.05) is 24.9 Å². The Morgan fingerprint density at radius 1 is 1.10 bits per heavy atom. The highest BCUT2D eigenvalue weighted by Crippen LogP contribution is 2.35. The molecule has 0 N–H and O–H groups in total. The third-order valence-corrected chi connectivity index (χ3v) is 6.13. The summed E-state index contributed by atoms with van der Waals surface area (Å²) in [6.07, 6.45) is 1.22. The molecule has 0 amide bonds. The lowest BCUT2D eigenvalue weighted by Gasteiger charge is -2.14. The monoisotopic (exact) mass is 413 g/mol. The molecule has 0 aliphatic heterocycles. The van der Waals surface area contributed by atoms with E-state index >= 15 is 0 Å². The Hall–Kier alpha value is -3.42. The largest absolute Gasteiger partial charge is 0.323 e. The van der Waals surface area contributed by atoms with Crippen LogP contribution in [0, 0.1) is 23.0 Å². The van der Waals surface area contributed by atoms with Crippen molar-refractivity contribution >= 4 is 32.0 Å². The lowest BCUT2D eigenvalue weighted by Crippen LogP contribution is -2.29. The van der Waals surface area contributed by atoms with Crippen molar-refractivity contribution in [2.45, 2.75) is 0 Å². The van der Waals surface area contributed by atoms with Gasteiger partial charge in [-0.2, -0.15) is 23.1 Å². The van der Waals surface area contributed by atoms with Crippen LogP contribution < -0.4 is 0 Å².